The number of rotatable bonds is 0. The minimum atomic E-state index is -0.701. The van der Waals surface area contributed by atoms with Crippen LogP contribution in [0.2, 0.25) is 0 Å². The summed E-state index contributed by atoms with van der Waals surface area (Å²) in [4.78, 5) is 14.5. The van der Waals surface area contributed by atoms with Gasteiger partial charge >= 0.3 is 5.69 Å². The third-order valence-corrected chi connectivity index (χ3v) is 3.23. The average Bonchev–Trinajstić information content (AvgIpc) is 2.53. The summed E-state index contributed by atoms with van der Waals surface area (Å²) >= 11 is 0. The molecule has 2 unspecified atom stereocenters. The highest BCUT2D eigenvalue weighted by Crippen LogP contribution is 2.28. The number of benzene rings is 1. The van der Waals surface area contributed by atoms with E-state index in [4.69, 9.17) is 5.73 Å². The first-order chi connectivity index (χ1) is 7.68. The highest BCUT2D eigenvalue weighted by atomic mass is 35.5. The Morgan fingerprint density at radius 2 is 2.24 bits per heavy atom. The number of nitrogens with zero attached hydrogens (tertiary/aromatic N) is 1. The van der Waals surface area contributed by atoms with E-state index in [2.05, 4.69) is 4.98 Å². The first-order valence-electron chi connectivity index (χ1n) is 5.33. The topological polar surface area (TPSA) is 84.0 Å². The fourth-order valence-corrected chi connectivity index (χ4v) is 2.37. The summed E-state index contributed by atoms with van der Waals surface area (Å²) in [7, 11) is 0. The van der Waals surface area contributed by atoms with Gasteiger partial charge in [0.05, 0.1) is 17.1 Å². The Labute approximate surface area is 104 Å². The van der Waals surface area contributed by atoms with Gasteiger partial charge < -0.3 is 15.8 Å². The molecule has 1 aliphatic heterocycles. The van der Waals surface area contributed by atoms with E-state index < -0.39 is 6.10 Å². The van der Waals surface area contributed by atoms with Crippen molar-refractivity contribution in [1.29, 1.82) is 0 Å². The van der Waals surface area contributed by atoms with Crippen molar-refractivity contribution >= 4 is 23.4 Å². The lowest BCUT2D eigenvalue weighted by atomic mass is 10.0. The second-order valence-corrected chi connectivity index (χ2v) is 4.22. The Morgan fingerprint density at radius 3 is 3.00 bits per heavy atom. The van der Waals surface area contributed by atoms with Crippen LogP contribution in [-0.4, -0.2) is 20.7 Å². The van der Waals surface area contributed by atoms with Gasteiger partial charge in [0.2, 0.25) is 0 Å². The summed E-state index contributed by atoms with van der Waals surface area (Å²) in [6.45, 7) is 0.550. The van der Waals surface area contributed by atoms with E-state index in [9.17, 15) is 9.90 Å². The summed E-state index contributed by atoms with van der Waals surface area (Å²) in [5, 5.41) is 10.1. The van der Waals surface area contributed by atoms with Crippen molar-refractivity contribution in [3.63, 3.8) is 0 Å². The molecule has 0 saturated carbocycles. The molecule has 0 fully saturated rings. The molecule has 3 rings (SSSR count). The molecule has 0 amide bonds. The van der Waals surface area contributed by atoms with Crippen LogP contribution in [0.4, 0.5) is 0 Å². The largest absolute Gasteiger partial charge is 0.387 e. The number of nitrogens with one attached hydrogen (secondary N) is 1. The van der Waals surface area contributed by atoms with Crippen molar-refractivity contribution in [2.45, 2.75) is 25.1 Å². The van der Waals surface area contributed by atoms with E-state index in [1.165, 1.54) is 0 Å². The number of halogens is 1. The number of nitrogens with two attached hydrogens (primary N) is 1. The highest BCUT2D eigenvalue weighted by Gasteiger charge is 2.25. The van der Waals surface area contributed by atoms with Gasteiger partial charge in [-0.25, -0.2) is 4.79 Å². The van der Waals surface area contributed by atoms with E-state index in [1.54, 1.807) is 4.57 Å². The van der Waals surface area contributed by atoms with Gasteiger partial charge in [0.1, 0.15) is 0 Å². The molecule has 2 aromatic rings. The summed E-state index contributed by atoms with van der Waals surface area (Å²) in [6, 6.07) is 5.16. The summed E-state index contributed by atoms with van der Waals surface area (Å²) in [5.74, 6) is 0. The molecule has 1 aromatic heterocycles. The number of hydrogen-bond acceptors (Lipinski definition) is 3. The van der Waals surface area contributed by atoms with Crippen LogP contribution >= 0.6 is 12.4 Å². The van der Waals surface area contributed by atoms with E-state index in [0.717, 1.165) is 16.6 Å². The Hall–Kier alpha value is -1.30. The fraction of sp³-hybridized carbons (Fsp3) is 0.364. The first-order valence-corrected chi connectivity index (χ1v) is 5.33. The van der Waals surface area contributed by atoms with Gasteiger partial charge in [-0.05, 0) is 12.5 Å². The zero-order valence-corrected chi connectivity index (χ0v) is 9.91. The standard InChI is InChI=1S/C11H13N3O2.ClH/c12-7-4-5-14-9-6(10(7)15)2-1-3-8(9)13-11(14)16;/h1-3,7,10,15H,4-5,12H2,(H,13,16);1H. The Morgan fingerprint density at radius 1 is 1.47 bits per heavy atom. The molecule has 92 valence electrons. The van der Waals surface area contributed by atoms with Gasteiger partial charge in [-0.3, -0.25) is 4.57 Å². The molecule has 6 heteroatoms. The molecule has 0 bridgehead atoms. The third-order valence-electron chi connectivity index (χ3n) is 3.23. The Kier molecular flexibility index (Phi) is 2.99. The third kappa shape index (κ3) is 1.67. The molecular formula is C11H14ClN3O2. The normalized spacial score (nSPS) is 23.2. The number of aromatic nitrogens is 2. The number of H-pyrrole nitrogens is 1. The lowest BCUT2D eigenvalue weighted by molar-refractivity contribution is 0.144. The number of aryl methyl sites for hydroxylation is 1. The lowest BCUT2D eigenvalue weighted by Gasteiger charge is -2.15. The molecule has 2 heterocycles. The van der Waals surface area contributed by atoms with Crippen LogP contribution in [0.3, 0.4) is 0 Å². The minimum absolute atomic E-state index is 0. The van der Waals surface area contributed by atoms with E-state index in [0.29, 0.717) is 13.0 Å². The minimum Gasteiger partial charge on any atom is -0.387 e. The Bertz CT molecular complexity index is 604. The second kappa shape index (κ2) is 4.18. The molecule has 5 nitrogen and oxygen atoms in total. The fourth-order valence-electron chi connectivity index (χ4n) is 2.37. The van der Waals surface area contributed by atoms with Gasteiger partial charge in [0.25, 0.3) is 0 Å². The van der Waals surface area contributed by atoms with Gasteiger partial charge in [-0.2, -0.15) is 0 Å². The average molecular weight is 256 g/mol. The van der Waals surface area contributed by atoms with Crippen LogP contribution in [0, 0.1) is 0 Å². The van der Waals surface area contributed by atoms with Crippen molar-refractivity contribution in [2.75, 3.05) is 0 Å². The van der Waals surface area contributed by atoms with Crippen LogP contribution in [0.1, 0.15) is 18.1 Å². The van der Waals surface area contributed by atoms with Crippen molar-refractivity contribution in [1.82, 2.24) is 9.55 Å². The molecular weight excluding hydrogens is 242 g/mol. The van der Waals surface area contributed by atoms with Crippen LogP contribution in [-0.2, 0) is 6.54 Å². The van der Waals surface area contributed by atoms with Gasteiger partial charge in [0.15, 0.2) is 0 Å². The number of imidazole rings is 1. The van der Waals surface area contributed by atoms with Gasteiger partial charge in [-0.15, -0.1) is 12.4 Å². The monoisotopic (exact) mass is 255 g/mol. The van der Waals surface area contributed by atoms with Crippen molar-refractivity contribution < 1.29 is 5.11 Å². The first kappa shape index (κ1) is 12.2. The smallest absolute Gasteiger partial charge is 0.326 e. The second-order valence-electron chi connectivity index (χ2n) is 4.22. The predicted octanol–water partition coefficient (Wildman–Crippen LogP) is 0.516. The molecule has 2 atom stereocenters. The van der Waals surface area contributed by atoms with E-state index in [1.807, 2.05) is 18.2 Å². The molecule has 0 radical (unpaired) electrons. The highest BCUT2D eigenvalue weighted by molar-refractivity contribution is 5.85. The maximum atomic E-state index is 11.7. The predicted molar refractivity (Wildman–Crippen MR) is 67.4 cm³/mol. The van der Waals surface area contributed by atoms with Crippen LogP contribution in [0.5, 0.6) is 0 Å². The van der Waals surface area contributed by atoms with Crippen molar-refractivity contribution in [3.05, 3.63) is 34.2 Å². The number of aliphatic hydroxyl groups is 1. The van der Waals surface area contributed by atoms with Crippen molar-refractivity contribution in [3.8, 4) is 0 Å². The van der Waals surface area contributed by atoms with Gasteiger partial charge in [0, 0.05) is 18.2 Å². The number of para-hydroxylation sites is 1. The van der Waals surface area contributed by atoms with Crippen LogP contribution in [0.25, 0.3) is 11.0 Å². The lowest BCUT2D eigenvalue weighted by Crippen LogP contribution is -2.28. The number of hydrogen-bond donors (Lipinski definition) is 3. The molecule has 4 N–H and O–H groups in total. The molecule has 1 aliphatic rings. The maximum absolute atomic E-state index is 11.7. The maximum Gasteiger partial charge on any atom is 0.326 e. The van der Waals surface area contributed by atoms with Crippen LogP contribution < -0.4 is 11.4 Å². The summed E-state index contributed by atoms with van der Waals surface area (Å²) in [5.41, 5.74) is 8.01. The quantitative estimate of drug-likeness (QED) is 0.642. The van der Waals surface area contributed by atoms with Gasteiger partial charge in [-0.1, -0.05) is 12.1 Å². The molecule has 17 heavy (non-hydrogen) atoms. The van der Waals surface area contributed by atoms with Crippen molar-refractivity contribution in [2.24, 2.45) is 5.73 Å². The summed E-state index contributed by atoms with van der Waals surface area (Å²) < 4.78 is 1.65. The SMILES string of the molecule is Cl.NC1CCn2c(=O)[nH]c3cccc(c32)C1O. The zero-order valence-electron chi connectivity index (χ0n) is 9.09. The van der Waals surface area contributed by atoms with Crippen LogP contribution in [0.15, 0.2) is 23.0 Å². The summed E-state index contributed by atoms with van der Waals surface area (Å²) in [6.07, 6.45) is -0.101. The number of aliphatic hydroxyl groups excluding tert-OH is 1. The molecule has 0 spiro atoms. The zero-order chi connectivity index (χ0) is 11.3. The molecule has 1 aromatic carbocycles. The molecule has 0 saturated heterocycles. The van der Waals surface area contributed by atoms with E-state index in [-0.39, 0.29) is 24.1 Å². The van der Waals surface area contributed by atoms with E-state index >= 15 is 0 Å². The Balaban J connectivity index is 0.00000108. The molecule has 0 aliphatic carbocycles. The number of aromatic amines is 1.